The number of hydrogen-bond acceptors (Lipinski definition) is 5. The molecule has 3 rings (SSSR count). The van der Waals surface area contributed by atoms with Crippen molar-refractivity contribution in [2.45, 2.75) is 19.0 Å². The Kier molecular flexibility index (Phi) is 7.35. The third-order valence-electron chi connectivity index (χ3n) is 5.03. The van der Waals surface area contributed by atoms with Crippen LogP contribution in [0, 0.1) is 0 Å². The van der Waals surface area contributed by atoms with Crippen molar-refractivity contribution in [2.75, 3.05) is 38.2 Å². The number of morpholine rings is 1. The lowest BCUT2D eigenvalue weighted by Crippen LogP contribution is -2.46. The Balaban J connectivity index is 1.64. The molecule has 1 heterocycles. The summed E-state index contributed by atoms with van der Waals surface area (Å²) in [6.07, 6.45) is 0. The second-order valence-corrected chi connectivity index (χ2v) is 7.20. The van der Waals surface area contributed by atoms with E-state index in [1.54, 1.807) is 24.3 Å². The molecule has 0 unspecified atom stereocenters. The second kappa shape index (κ2) is 10.2. The molecule has 0 aliphatic carbocycles. The Labute approximate surface area is 171 Å². The number of nitrogens with zero attached hydrogens (tertiary/aromatic N) is 1. The van der Waals surface area contributed by atoms with E-state index in [1.165, 1.54) is 0 Å². The van der Waals surface area contributed by atoms with Crippen molar-refractivity contribution in [1.82, 2.24) is 10.2 Å². The van der Waals surface area contributed by atoms with E-state index in [2.05, 4.69) is 27.7 Å². The zero-order valence-electron chi connectivity index (χ0n) is 16.6. The number of hydrogen-bond donors (Lipinski definition) is 3. The van der Waals surface area contributed by atoms with Crippen LogP contribution in [0.15, 0.2) is 54.6 Å². The molecule has 0 radical (unpaired) electrons. The van der Waals surface area contributed by atoms with Gasteiger partial charge in [0, 0.05) is 36.9 Å². The van der Waals surface area contributed by atoms with Crippen LogP contribution in [0.25, 0.3) is 0 Å². The fourth-order valence-corrected chi connectivity index (χ4v) is 3.33. The molecule has 2 amide bonds. The summed E-state index contributed by atoms with van der Waals surface area (Å²) < 4.78 is 5.44. The molecular weight excluding hydrogens is 368 g/mol. The molecule has 7 nitrogen and oxygen atoms in total. The Morgan fingerprint density at radius 3 is 2.34 bits per heavy atom. The highest BCUT2D eigenvalue weighted by atomic mass is 16.5. The van der Waals surface area contributed by atoms with E-state index >= 15 is 0 Å². The van der Waals surface area contributed by atoms with Crippen LogP contribution in [0.4, 0.5) is 5.69 Å². The largest absolute Gasteiger partial charge is 0.379 e. The van der Waals surface area contributed by atoms with Gasteiger partial charge in [-0.25, -0.2) is 0 Å². The lowest BCUT2D eigenvalue weighted by Gasteiger charge is -2.32. The van der Waals surface area contributed by atoms with Gasteiger partial charge in [-0.3, -0.25) is 19.8 Å². The highest BCUT2D eigenvalue weighted by molar-refractivity contribution is 5.96. The van der Waals surface area contributed by atoms with Crippen LogP contribution in [-0.2, 0) is 9.53 Å². The molecule has 7 heteroatoms. The highest BCUT2D eigenvalue weighted by Gasteiger charge is 2.22. The first kappa shape index (κ1) is 21.0. The molecule has 2 atom stereocenters. The zero-order valence-corrected chi connectivity index (χ0v) is 16.6. The standard InChI is InChI=1S/C22H28N4O3/c1-16(22(28)25-19-9-7-18(8-10-19)21(23)27)24-20(17-5-3-2-4-6-17)15-26-11-13-29-14-12-26/h2-10,16,20,24H,11-15H2,1H3,(H2,23,27)(H,25,28)/t16-,20-/m1/s1. The van der Waals surface area contributed by atoms with Gasteiger partial charge in [-0.05, 0) is 36.8 Å². The van der Waals surface area contributed by atoms with E-state index in [1.807, 2.05) is 25.1 Å². The van der Waals surface area contributed by atoms with E-state index in [0.29, 0.717) is 11.3 Å². The predicted octanol–water partition coefficient (Wildman–Crippen LogP) is 1.78. The normalized spacial score (nSPS) is 16.7. The Morgan fingerprint density at radius 2 is 1.72 bits per heavy atom. The van der Waals surface area contributed by atoms with Gasteiger partial charge >= 0.3 is 0 Å². The molecule has 0 spiro atoms. The summed E-state index contributed by atoms with van der Waals surface area (Å²) in [5, 5.41) is 6.34. The molecule has 4 N–H and O–H groups in total. The third-order valence-corrected chi connectivity index (χ3v) is 5.03. The average Bonchev–Trinajstić information content (AvgIpc) is 2.75. The SMILES string of the molecule is C[C@@H](N[C@H](CN1CCOCC1)c1ccccc1)C(=O)Nc1ccc(C(N)=O)cc1. The van der Waals surface area contributed by atoms with Gasteiger partial charge in [0.25, 0.3) is 0 Å². The smallest absolute Gasteiger partial charge is 0.248 e. The number of ether oxygens (including phenoxy) is 1. The molecule has 154 valence electrons. The van der Waals surface area contributed by atoms with E-state index in [4.69, 9.17) is 10.5 Å². The van der Waals surface area contributed by atoms with Gasteiger partial charge in [0.05, 0.1) is 19.3 Å². The quantitative estimate of drug-likeness (QED) is 0.632. The summed E-state index contributed by atoms with van der Waals surface area (Å²) in [5.41, 5.74) is 7.42. The number of anilines is 1. The van der Waals surface area contributed by atoms with Gasteiger partial charge in [-0.1, -0.05) is 30.3 Å². The number of rotatable bonds is 8. The van der Waals surface area contributed by atoms with Crippen LogP contribution in [0.1, 0.15) is 28.9 Å². The third kappa shape index (κ3) is 6.12. The number of carbonyl (C=O) groups excluding carboxylic acids is 2. The van der Waals surface area contributed by atoms with Crippen LogP contribution in [-0.4, -0.2) is 55.6 Å². The Bertz CT molecular complexity index is 805. The summed E-state index contributed by atoms with van der Waals surface area (Å²) in [6.45, 7) is 5.90. The summed E-state index contributed by atoms with van der Waals surface area (Å²) in [4.78, 5) is 26.2. The molecule has 0 aromatic heterocycles. The average molecular weight is 396 g/mol. The van der Waals surface area contributed by atoms with Gasteiger partial charge in [0.1, 0.15) is 0 Å². The minimum Gasteiger partial charge on any atom is -0.379 e. The predicted molar refractivity (Wildman–Crippen MR) is 113 cm³/mol. The topological polar surface area (TPSA) is 96.7 Å². The van der Waals surface area contributed by atoms with Gasteiger partial charge in [-0.15, -0.1) is 0 Å². The Hall–Kier alpha value is -2.74. The molecular formula is C22H28N4O3. The molecule has 1 fully saturated rings. The van der Waals surface area contributed by atoms with E-state index in [0.717, 1.165) is 38.4 Å². The van der Waals surface area contributed by atoms with E-state index in [9.17, 15) is 9.59 Å². The number of carbonyl (C=O) groups is 2. The number of nitrogens with one attached hydrogen (secondary N) is 2. The summed E-state index contributed by atoms with van der Waals surface area (Å²) in [7, 11) is 0. The highest BCUT2D eigenvalue weighted by Crippen LogP contribution is 2.17. The van der Waals surface area contributed by atoms with Crippen molar-refractivity contribution < 1.29 is 14.3 Å². The molecule has 1 aliphatic heterocycles. The van der Waals surface area contributed by atoms with Crippen LogP contribution >= 0.6 is 0 Å². The van der Waals surface area contributed by atoms with Crippen molar-refractivity contribution in [1.29, 1.82) is 0 Å². The Morgan fingerprint density at radius 1 is 1.07 bits per heavy atom. The molecule has 2 aromatic rings. The van der Waals surface area contributed by atoms with Crippen LogP contribution < -0.4 is 16.4 Å². The fraction of sp³-hybridized carbons (Fsp3) is 0.364. The first-order valence-corrected chi connectivity index (χ1v) is 9.85. The molecule has 1 saturated heterocycles. The van der Waals surface area contributed by atoms with Crippen molar-refractivity contribution >= 4 is 17.5 Å². The minimum absolute atomic E-state index is 0.0206. The maximum atomic E-state index is 12.7. The minimum atomic E-state index is -0.494. The summed E-state index contributed by atoms with van der Waals surface area (Å²) >= 11 is 0. The van der Waals surface area contributed by atoms with Crippen molar-refractivity contribution in [3.63, 3.8) is 0 Å². The monoisotopic (exact) mass is 396 g/mol. The zero-order chi connectivity index (χ0) is 20.6. The fourth-order valence-electron chi connectivity index (χ4n) is 3.33. The lowest BCUT2D eigenvalue weighted by molar-refractivity contribution is -0.118. The molecule has 29 heavy (non-hydrogen) atoms. The van der Waals surface area contributed by atoms with E-state index in [-0.39, 0.29) is 11.9 Å². The van der Waals surface area contributed by atoms with Crippen LogP contribution in [0.3, 0.4) is 0 Å². The number of nitrogens with two attached hydrogens (primary N) is 1. The van der Waals surface area contributed by atoms with Crippen molar-refractivity contribution in [3.8, 4) is 0 Å². The summed E-state index contributed by atoms with van der Waals surface area (Å²) in [6, 6.07) is 16.3. The second-order valence-electron chi connectivity index (χ2n) is 7.20. The molecule has 0 saturated carbocycles. The summed E-state index contributed by atoms with van der Waals surface area (Å²) in [5.74, 6) is -0.633. The lowest BCUT2D eigenvalue weighted by atomic mass is 10.0. The van der Waals surface area contributed by atoms with Crippen LogP contribution in [0.2, 0.25) is 0 Å². The van der Waals surface area contributed by atoms with Gasteiger partial charge in [0.2, 0.25) is 11.8 Å². The van der Waals surface area contributed by atoms with Gasteiger partial charge in [-0.2, -0.15) is 0 Å². The number of primary amides is 1. The maximum absolute atomic E-state index is 12.7. The first-order chi connectivity index (χ1) is 14.0. The number of amides is 2. The number of benzene rings is 2. The molecule has 0 bridgehead atoms. The van der Waals surface area contributed by atoms with Gasteiger partial charge in [0.15, 0.2) is 0 Å². The van der Waals surface area contributed by atoms with Gasteiger partial charge < -0.3 is 15.8 Å². The first-order valence-electron chi connectivity index (χ1n) is 9.85. The molecule has 1 aliphatic rings. The van der Waals surface area contributed by atoms with Crippen molar-refractivity contribution in [3.05, 3.63) is 65.7 Å². The van der Waals surface area contributed by atoms with Crippen LogP contribution in [0.5, 0.6) is 0 Å². The molecule has 2 aromatic carbocycles. The maximum Gasteiger partial charge on any atom is 0.248 e. The van der Waals surface area contributed by atoms with Crippen molar-refractivity contribution in [2.24, 2.45) is 5.73 Å². The van der Waals surface area contributed by atoms with E-state index < -0.39 is 11.9 Å².